The van der Waals surface area contributed by atoms with Crippen LogP contribution in [0, 0.1) is 11.7 Å². The summed E-state index contributed by atoms with van der Waals surface area (Å²) in [5.74, 6) is 0.423. The number of likely N-dealkylation sites (tertiary alicyclic amines) is 1. The molecule has 1 aromatic carbocycles. The Hall–Kier alpha value is -0.970. The Morgan fingerprint density at radius 2 is 2.20 bits per heavy atom. The van der Waals surface area contributed by atoms with Gasteiger partial charge in [-0.15, -0.1) is 0 Å². The van der Waals surface area contributed by atoms with Gasteiger partial charge in [0.2, 0.25) is 0 Å². The largest absolute Gasteiger partial charge is 0.384 e. The van der Waals surface area contributed by atoms with Crippen LogP contribution in [0.4, 0.5) is 4.39 Å². The first-order chi connectivity index (χ1) is 9.59. The van der Waals surface area contributed by atoms with Crippen molar-refractivity contribution >= 4 is 0 Å². The minimum atomic E-state index is -0.190. The number of halogens is 1. The van der Waals surface area contributed by atoms with Gasteiger partial charge in [0.1, 0.15) is 5.82 Å². The predicted octanol–water partition coefficient (Wildman–Crippen LogP) is 2.05. The highest BCUT2D eigenvalue weighted by Crippen LogP contribution is 2.28. The molecule has 0 spiro atoms. The standard InChI is InChI=1S/C16H25FN2O/c1-16(12-18,9-14-5-3-4-6-15(14)17)19-8-7-13(10-19)11-20-2/h3-6,13H,7-12,18H2,1-2H3. The summed E-state index contributed by atoms with van der Waals surface area (Å²) in [6.07, 6.45) is 1.77. The van der Waals surface area contributed by atoms with Crippen molar-refractivity contribution in [1.29, 1.82) is 0 Å². The van der Waals surface area contributed by atoms with Gasteiger partial charge in [-0.25, -0.2) is 4.39 Å². The lowest BCUT2D eigenvalue weighted by molar-refractivity contribution is 0.115. The zero-order valence-electron chi connectivity index (χ0n) is 12.4. The second-order valence-electron chi connectivity index (χ2n) is 6.03. The monoisotopic (exact) mass is 280 g/mol. The third-order valence-electron chi connectivity index (χ3n) is 4.42. The Morgan fingerprint density at radius 1 is 1.45 bits per heavy atom. The van der Waals surface area contributed by atoms with Crippen LogP contribution in [0.2, 0.25) is 0 Å². The molecule has 0 aliphatic carbocycles. The Balaban J connectivity index is 2.08. The second-order valence-corrected chi connectivity index (χ2v) is 6.03. The van der Waals surface area contributed by atoms with Gasteiger partial charge < -0.3 is 10.5 Å². The first kappa shape index (κ1) is 15.4. The van der Waals surface area contributed by atoms with Crippen LogP contribution in [-0.2, 0) is 11.2 Å². The number of hydrogen-bond acceptors (Lipinski definition) is 3. The molecular weight excluding hydrogens is 255 g/mol. The van der Waals surface area contributed by atoms with Crippen LogP contribution < -0.4 is 5.73 Å². The van der Waals surface area contributed by atoms with Gasteiger partial charge in [-0.3, -0.25) is 4.90 Å². The maximum absolute atomic E-state index is 13.9. The van der Waals surface area contributed by atoms with Crippen LogP contribution in [0.3, 0.4) is 0 Å². The minimum Gasteiger partial charge on any atom is -0.384 e. The molecule has 2 N–H and O–H groups in total. The molecule has 1 heterocycles. The highest BCUT2D eigenvalue weighted by Gasteiger charge is 2.36. The summed E-state index contributed by atoms with van der Waals surface area (Å²) in [6, 6.07) is 6.98. The van der Waals surface area contributed by atoms with Crippen molar-refractivity contribution in [3.05, 3.63) is 35.6 Å². The van der Waals surface area contributed by atoms with E-state index in [0.717, 1.165) is 31.7 Å². The molecule has 1 aromatic rings. The molecule has 2 unspecified atom stereocenters. The highest BCUT2D eigenvalue weighted by molar-refractivity contribution is 5.20. The number of rotatable bonds is 6. The topological polar surface area (TPSA) is 38.5 Å². The lowest BCUT2D eigenvalue weighted by Gasteiger charge is -2.38. The van der Waals surface area contributed by atoms with Gasteiger partial charge in [-0.05, 0) is 43.9 Å². The molecule has 0 radical (unpaired) electrons. The number of benzene rings is 1. The number of hydrogen-bond donors (Lipinski definition) is 1. The molecule has 20 heavy (non-hydrogen) atoms. The fourth-order valence-corrected chi connectivity index (χ4v) is 3.06. The minimum absolute atomic E-state index is 0.139. The van der Waals surface area contributed by atoms with Gasteiger partial charge in [0.15, 0.2) is 0 Å². The van der Waals surface area contributed by atoms with Crippen molar-refractivity contribution in [3.8, 4) is 0 Å². The number of nitrogens with zero attached hydrogens (tertiary/aromatic N) is 1. The van der Waals surface area contributed by atoms with Crippen LogP contribution >= 0.6 is 0 Å². The number of ether oxygens (including phenoxy) is 1. The third kappa shape index (κ3) is 3.37. The van der Waals surface area contributed by atoms with Crippen LogP contribution in [-0.4, -0.2) is 43.8 Å². The quantitative estimate of drug-likeness (QED) is 0.867. The molecule has 2 rings (SSSR count). The van der Waals surface area contributed by atoms with Crippen molar-refractivity contribution < 1.29 is 9.13 Å². The van der Waals surface area contributed by atoms with Crippen LogP contribution in [0.5, 0.6) is 0 Å². The molecule has 1 aliphatic rings. The van der Waals surface area contributed by atoms with Crippen LogP contribution in [0.1, 0.15) is 18.9 Å². The first-order valence-corrected chi connectivity index (χ1v) is 7.26. The molecule has 1 aliphatic heterocycles. The van der Waals surface area contributed by atoms with Crippen LogP contribution in [0.15, 0.2) is 24.3 Å². The van der Waals surface area contributed by atoms with Crippen molar-refractivity contribution in [2.24, 2.45) is 11.7 Å². The number of nitrogens with two attached hydrogens (primary N) is 1. The van der Waals surface area contributed by atoms with E-state index in [2.05, 4.69) is 11.8 Å². The van der Waals surface area contributed by atoms with E-state index in [0.29, 0.717) is 18.9 Å². The van der Waals surface area contributed by atoms with Crippen molar-refractivity contribution in [2.45, 2.75) is 25.3 Å². The van der Waals surface area contributed by atoms with Gasteiger partial charge in [0.25, 0.3) is 0 Å². The van der Waals surface area contributed by atoms with Gasteiger partial charge in [-0.2, -0.15) is 0 Å². The molecule has 0 amide bonds. The molecule has 112 valence electrons. The maximum Gasteiger partial charge on any atom is 0.126 e. The predicted molar refractivity (Wildman–Crippen MR) is 79.1 cm³/mol. The van der Waals surface area contributed by atoms with Gasteiger partial charge in [0, 0.05) is 25.7 Å². The lowest BCUT2D eigenvalue weighted by atomic mass is 9.91. The molecule has 1 fully saturated rings. The van der Waals surface area contributed by atoms with Gasteiger partial charge in [0.05, 0.1) is 6.61 Å². The van der Waals surface area contributed by atoms with E-state index in [4.69, 9.17) is 10.5 Å². The van der Waals surface area contributed by atoms with Gasteiger partial charge in [-0.1, -0.05) is 18.2 Å². The summed E-state index contributed by atoms with van der Waals surface area (Å²) in [6.45, 7) is 5.44. The summed E-state index contributed by atoms with van der Waals surface area (Å²) in [5.41, 5.74) is 6.56. The van der Waals surface area contributed by atoms with E-state index >= 15 is 0 Å². The Labute approximate surface area is 120 Å². The van der Waals surface area contributed by atoms with E-state index in [1.165, 1.54) is 6.07 Å². The molecule has 2 atom stereocenters. The average molecular weight is 280 g/mol. The zero-order valence-corrected chi connectivity index (χ0v) is 12.4. The molecule has 1 saturated heterocycles. The number of methoxy groups -OCH3 is 1. The smallest absolute Gasteiger partial charge is 0.126 e. The van der Waals surface area contributed by atoms with E-state index in [1.54, 1.807) is 13.2 Å². The molecule has 3 nitrogen and oxygen atoms in total. The Kier molecular flexibility index (Phi) is 5.13. The fourth-order valence-electron chi connectivity index (χ4n) is 3.06. The third-order valence-corrected chi connectivity index (χ3v) is 4.42. The molecule has 0 bridgehead atoms. The molecule has 0 aromatic heterocycles. The molecule has 0 saturated carbocycles. The lowest BCUT2D eigenvalue weighted by Crippen LogP contribution is -2.52. The molecule has 4 heteroatoms. The summed E-state index contributed by atoms with van der Waals surface area (Å²) in [4.78, 5) is 2.39. The highest BCUT2D eigenvalue weighted by atomic mass is 19.1. The van der Waals surface area contributed by atoms with E-state index in [1.807, 2.05) is 12.1 Å². The van der Waals surface area contributed by atoms with E-state index in [-0.39, 0.29) is 11.4 Å². The van der Waals surface area contributed by atoms with Crippen molar-refractivity contribution in [1.82, 2.24) is 4.90 Å². The van der Waals surface area contributed by atoms with Gasteiger partial charge >= 0.3 is 0 Å². The average Bonchev–Trinajstić information content (AvgIpc) is 2.91. The molecular formula is C16H25FN2O. The first-order valence-electron chi connectivity index (χ1n) is 7.26. The summed E-state index contributed by atoms with van der Waals surface area (Å²) < 4.78 is 19.1. The van der Waals surface area contributed by atoms with Crippen molar-refractivity contribution in [3.63, 3.8) is 0 Å². The van der Waals surface area contributed by atoms with Crippen molar-refractivity contribution in [2.75, 3.05) is 33.4 Å². The maximum atomic E-state index is 13.9. The fraction of sp³-hybridized carbons (Fsp3) is 0.625. The summed E-state index contributed by atoms with van der Waals surface area (Å²) >= 11 is 0. The Morgan fingerprint density at radius 3 is 2.85 bits per heavy atom. The van der Waals surface area contributed by atoms with E-state index in [9.17, 15) is 4.39 Å². The van der Waals surface area contributed by atoms with E-state index < -0.39 is 0 Å². The second kappa shape index (κ2) is 6.66. The zero-order chi connectivity index (χ0) is 14.6. The summed E-state index contributed by atoms with van der Waals surface area (Å²) in [7, 11) is 1.74. The SMILES string of the molecule is COCC1CCN(C(C)(CN)Cc2ccccc2F)C1. The van der Waals surface area contributed by atoms with Crippen LogP contribution in [0.25, 0.3) is 0 Å². The Bertz CT molecular complexity index is 440. The normalized spacial score (nSPS) is 22.9. The summed E-state index contributed by atoms with van der Waals surface area (Å²) in [5, 5.41) is 0.